The van der Waals surface area contributed by atoms with E-state index >= 15 is 0 Å². The first kappa shape index (κ1) is 11.6. The van der Waals surface area contributed by atoms with E-state index in [4.69, 9.17) is 4.84 Å². The molecule has 0 heterocycles. The van der Waals surface area contributed by atoms with Crippen molar-refractivity contribution in [3.05, 3.63) is 35.9 Å². The Labute approximate surface area is 91.3 Å². The minimum absolute atomic E-state index is 0.875. The molecular weight excluding hydrogens is 188 g/mol. The topological polar surface area (TPSA) is 24.8 Å². The van der Waals surface area contributed by atoms with E-state index in [1.165, 1.54) is 0 Å². The summed E-state index contributed by atoms with van der Waals surface area (Å²) in [6.45, 7) is 3.11. The zero-order chi connectivity index (χ0) is 11.1. The standard InChI is InChI=1S/C12H18N2O/c1-4-10-14(2)12(13-15-3)11-8-6-5-7-9-11/h5-9H,4,10H2,1-3H3. The molecule has 0 unspecified atom stereocenters. The van der Waals surface area contributed by atoms with Crippen LogP contribution in [0.4, 0.5) is 0 Å². The molecule has 3 heteroatoms. The highest BCUT2D eigenvalue weighted by atomic mass is 16.6. The van der Waals surface area contributed by atoms with Gasteiger partial charge in [-0.05, 0) is 6.42 Å². The van der Waals surface area contributed by atoms with Gasteiger partial charge in [0, 0.05) is 19.2 Å². The third-order valence-electron chi connectivity index (χ3n) is 2.13. The number of hydrogen-bond acceptors (Lipinski definition) is 2. The first-order valence-electron chi connectivity index (χ1n) is 5.17. The Morgan fingerprint density at radius 2 is 2.00 bits per heavy atom. The molecule has 0 aromatic heterocycles. The summed E-state index contributed by atoms with van der Waals surface area (Å²) in [5.41, 5.74) is 1.08. The lowest BCUT2D eigenvalue weighted by Gasteiger charge is -2.19. The first-order chi connectivity index (χ1) is 7.29. The van der Waals surface area contributed by atoms with Gasteiger partial charge in [0.1, 0.15) is 7.11 Å². The van der Waals surface area contributed by atoms with E-state index in [2.05, 4.69) is 17.0 Å². The summed E-state index contributed by atoms with van der Waals surface area (Å²) >= 11 is 0. The van der Waals surface area contributed by atoms with Crippen molar-refractivity contribution >= 4 is 5.84 Å². The number of amidine groups is 1. The second kappa shape index (κ2) is 6.06. The molecule has 0 saturated heterocycles. The van der Waals surface area contributed by atoms with Gasteiger partial charge in [-0.1, -0.05) is 42.4 Å². The first-order valence-corrected chi connectivity index (χ1v) is 5.17. The maximum absolute atomic E-state index is 4.87. The van der Waals surface area contributed by atoms with Crippen LogP contribution in [0.3, 0.4) is 0 Å². The SMILES string of the molecule is CCCN(C)C(=NOC)c1ccccc1. The summed E-state index contributed by atoms with van der Waals surface area (Å²) < 4.78 is 0. The average molecular weight is 206 g/mol. The maximum Gasteiger partial charge on any atom is 0.175 e. The van der Waals surface area contributed by atoms with Crippen LogP contribution in [0.1, 0.15) is 18.9 Å². The van der Waals surface area contributed by atoms with Gasteiger partial charge in [0.25, 0.3) is 0 Å². The molecule has 0 fully saturated rings. The minimum atomic E-state index is 0.875. The van der Waals surface area contributed by atoms with Gasteiger partial charge in [0.15, 0.2) is 5.84 Å². The number of hydrogen-bond donors (Lipinski definition) is 0. The van der Waals surface area contributed by atoms with Crippen LogP contribution in [0.5, 0.6) is 0 Å². The molecule has 15 heavy (non-hydrogen) atoms. The minimum Gasteiger partial charge on any atom is -0.397 e. The van der Waals surface area contributed by atoms with E-state index in [9.17, 15) is 0 Å². The largest absolute Gasteiger partial charge is 0.397 e. The smallest absolute Gasteiger partial charge is 0.175 e. The lowest BCUT2D eigenvalue weighted by Crippen LogP contribution is -2.28. The molecule has 0 amide bonds. The Morgan fingerprint density at radius 1 is 1.33 bits per heavy atom. The van der Waals surface area contributed by atoms with E-state index in [1.807, 2.05) is 37.4 Å². The summed E-state index contributed by atoms with van der Waals surface area (Å²) in [6, 6.07) is 10.1. The zero-order valence-corrected chi connectivity index (χ0v) is 9.60. The van der Waals surface area contributed by atoms with Crippen molar-refractivity contribution < 1.29 is 4.84 Å². The Kier molecular flexibility index (Phi) is 4.68. The van der Waals surface area contributed by atoms with Gasteiger partial charge in [0.2, 0.25) is 0 Å². The van der Waals surface area contributed by atoms with Crippen LogP contribution < -0.4 is 0 Å². The van der Waals surface area contributed by atoms with Crippen LogP contribution >= 0.6 is 0 Å². The molecule has 0 aliphatic carbocycles. The lowest BCUT2D eigenvalue weighted by molar-refractivity contribution is 0.207. The molecule has 0 aliphatic heterocycles. The molecule has 1 aromatic rings. The van der Waals surface area contributed by atoms with Crippen LogP contribution in [-0.4, -0.2) is 31.4 Å². The van der Waals surface area contributed by atoms with E-state index in [-0.39, 0.29) is 0 Å². The molecule has 1 rings (SSSR count). The lowest BCUT2D eigenvalue weighted by atomic mass is 10.2. The van der Waals surface area contributed by atoms with Crippen molar-refractivity contribution in [3.8, 4) is 0 Å². The van der Waals surface area contributed by atoms with Crippen LogP contribution in [0.2, 0.25) is 0 Å². The zero-order valence-electron chi connectivity index (χ0n) is 9.60. The molecule has 82 valence electrons. The fraction of sp³-hybridized carbons (Fsp3) is 0.417. The van der Waals surface area contributed by atoms with Crippen LogP contribution in [-0.2, 0) is 4.84 Å². The van der Waals surface area contributed by atoms with E-state index < -0.39 is 0 Å². The van der Waals surface area contributed by atoms with Crippen molar-refractivity contribution in [1.29, 1.82) is 0 Å². The summed E-state index contributed by atoms with van der Waals surface area (Å²) in [6.07, 6.45) is 1.09. The fourth-order valence-corrected chi connectivity index (χ4v) is 1.46. The monoisotopic (exact) mass is 206 g/mol. The average Bonchev–Trinajstić information content (AvgIpc) is 2.27. The highest BCUT2D eigenvalue weighted by molar-refractivity contribution is 5.98. The second-order valence-electron chi connectivity index (χ2n) is 3.39. The Hall–Kier alpha value is -1.51. The molecule has 3 nitrogen and oxygen atoms in total. The van der Waals surface area contributed by atoms with Gasteiger partial charge in [-0.2, -0.15) is 0 Å². The molecule has 0 saturated carbocycles. The molecule has 0 spiro atoms. The van der Waals surface area contributed by atoms with Gasteiger partial charge in [-0.15, -0.1) is 0 Å². The summed E-state index contributed by atoms with van der Waals surface area (Å²) in [4.78, 5) is 6.97. The van der Waals surface area contributed by atoms with Gasteiger partial charge >= 0.3 is 0 Å². The van der Waals surface area contributed by atoms with Crippen molar-refractivity contribution in [1.82, 2.24) is 4.90 Å². The highest BCUT2D eigenvalue weighted by Crippen LogP contribution is 2.05. The Bertz CT molecular complexity index is 309. The summed E-state index contributed by atoms with van der Waals surface area (Å²) in [7, 11) is 3.59. The van der Waals surface area contributed by atoms with E-state index in [0.717, 1.165) is 24.4 Å². The van der Waals surface area contributed by atoms with Crippen molar-refractivity contribution in [3.63, 3.8) is 0 Å². The molecule has 0 aliphatic rings. The normalized spacial score (nSPS) is 11.3. The van der Waals surface area contributed by atoms with Gasteiger partial charge in [-0.3, -0.25) is 0 Å². The summed E-state index contributed by atoms with van der Waals surface area (Å²) in [5.74, 6) is 0.875. The van der Waals surface area contributed by atoms with Crippen molar-refractivity contribution in [2.45, 2.75) is 13.3 Å². The maximum atomic E-state index is 4.87. The second-order valence-corrected chi connectivity index (χ2v) is 3.39. The molecule has 0 bridgehead atoms. The predicted molar refractivity (Wildman–Crippen MR) is 62.9 cm³/mol. The van der Waals surface area contributed by atoms with Crippen LogP contribution in [0, 0.1) is 0 Å². The molecule has 0 atom stereocenters. The van der Waals surface area contributed by atoms with Crippen molar-refractivity contribution in [2.75, 3.05) is 20.7 Å². The number of oxime groups is 1. The number of benzene rings is 1. The number of nitrogens with zero attached hydrogens (tertiary/aromatic N) is 2. The molecule has 0 radical (unpaired) electrons. The fourth-order valence-electron chi connectivity index (χ4n) is 1.46. The highest BCUT2D eigenvalue weighted by Gasteiger charge is 2.08. The van der Waals surface area contributed by atoms with E-state index in [1.54, 1.807) is 7.11 Å². The van der Waals surface area contributed by atoms with Gasteiger partial charge in [0.05, 0.1) is 0 Å². The molecule has 0 N–H and O–H groups in total. The van der Waals surface area contributed by atoms with Crippen LogP contribution in [0.25, 0.3) is 0 Å². The van der Waals surface area contributed by atoms with Crippen molar-refractivity contribution in [2.24, 2.45) is 5.16 Å². The Balaban J connectivity index is 2.89. The quantitative estimate of drug-likeness (QED) is 0.429. The van der Waals surface area contributed by atoms with Gasteiger partial charge in [-0.25, -0.2) is 0 Å². The predicted octanol–water partition coefficient (Wildman–Crippen LogP) is 2.34. The molecular formula is C12H18N2O. The van der Waals surface area contributed by atoms with E-state index in [0.29, 0.717) is 0 Å². The Morgan fingerprint density at radius 3 is 2.53 bits per heavy atom. The van der Waals surface area contributed by atoms with Crippen LogP contribution in [0.15, 0.2) is 35.5 Å². The summed E-state index contributed by atoms with van der Waals surface area (Å²) in [5, 5.41) is 4.06. The third-order valence-corrected chi connectivity index (χ3v) is 2.13. The molecule has 1 aromatic carbocycles. The van der Waals surface area contributed by atoms with Gasteiger partial charge < -0.3 is 9.74 Å². The third kappa shape index (κ3) is 3.27. The number of rotatable bonds is 4.